The van der Waals surface area contributed by atoms with E-state index in [1.54, 1.807) is 24.5 Å². The molecule has 4 nitrogen and oxygen atoms in total. The second kappa shape index (κ2) is 8.07. The van der Waals surface area contributed by atoms with Gasteiger partial charge in [0, 0.05) is 23.2 Å². The van der Waals surface area contributed by atoms with Gasteiger partial charge < -0.3 is 10.2 Å². The highest BCUT2D eigenvalue weighted by Crippen LogP contribution is 2.47. The Balaban J connectivity index is 1.71. The van der Waals surface area contributed by atoms with Crippen LogP contribution in [0.1, 0.15) is 0 Å². The van der Waals surface area contributed by atoms with Crippen molar-refractivity contribution >= 4 is 56.7 Å². The first kappa shape index (κ1) is 21.4. The Bertz CT molecular complexity index is 2030. The summed E-state index contributed by atoms with van der Waals surface area (Å²) < 4.78 is 0. The van der Waals surface area contributed by atoms with Gasteiger partial charge in [-0.05, 0) is 80.2 Å². The van der Waals surface area contributed by atoms with E-state index in [1.165, 1.54) is 0 Å². The number of pyridine rings is 2. The van der Waals surface area contributed by atoms with E-state index in [0.717, 1.165) is 60.0 Å². The number of benzene rings is 5. The molecule has 2 heterocycles. The van der Waals surface area contributed by atoms with Crippen LogP contribution in [0.4, 0.5) is 0 Å². The molecule has 0 saturated heterocycles. The monoisotopic (exact) mass is 476 g/mol. The zero-order valence-corrected chi connectivity index (χ0v) is 20.1. The summed E-state index contributed by atoms with van der Waals surface area (Å²) in [6, 6.07) is 30.3. The summed E-state index contributed by atoms with van der Waals surface area (Å²) in [4.78, 5) is 8.94. The Hall–Kier alpha value is -4.90. The van der Waals surface area contributed by atoms with Crippen LogP contribution in [-0.4, -0.2) is 28.0 Å². The largest absolute Gasteiger partial charge is 0.506 e. The smallest absolute Gasteiger partial charge is 0.141 e. The fourth-order valence-electron chi connectivity index (χ4n) is 5.62. The van der Waals surface area contributed by atoms with Crippen molar-refractivity contribution < 1.29 is 10.2 Å². The third kappa shape index (κ3) is 3.17. The molecule has 174 valence electrons. The Morgan fingerprint density at radius 2 is 0.973 bits per heavy atom. The first-order valence-electron chi connectivity index (χ1n) is 12.2. The standard InChI is InChI=1S/C32H21BN2O2/c33-18-9-10-23-26(17-18)30(22-12-14-28(37)32-25(22)8-4-16-35-32)20-6-2-1-5-19(20)29(23)21-11-13-27(36)31-24(21)7-3-15-34-31/h1-17,36-37H,33H2. The van der Waals surface area contributed by atoms with Gasteiger partial charge in [0.15, 0.2) is 0 Å². The van der Waals surface area contributed by atoms with Gasteiger partial charge in [-0.2, -0.15) is 0 Å². The van der Waals surface area contributed by atoms with Crippen molar-refractivity contribution in [2.24, 2.45) is 0 Å². The molecule has 7 aromatic rings. The Kier molecular flexibility index (Phi) is 4.67. The summed E-state index contributed by atoms with van der Waals surface area (Å²) in [5.41, 5.74) is 6.60. The average molecular weight is 476 g/mol. The summed E-state index contributed by atoms with van der Waals surface area (Å²) in [6.07, 6.45) is 3.41. The Labute approximate surface area is 213 Å². The highest BCUT2D eigenvalue weighted by Gasteiger charge is 2.20. The van der Waals surface area contributed by atoms with Crippen molar-refractivity contribution in [3.8, 4) is 33.8 Å². The van der Waals surface area contributed by atoms with Crippen LogP contribution < -0.4 is 5.46 Å². The van der Waals surface area contributed by atoms with Crippen molar-refractivity contribution in [1.82, 2.24) is 9.97 Å². The van der Waals surface area contributed by atoms with E-state index >= 15 is 0 Å². The van der Waals surface area contributed by atoms with Gasteiger partial charge in [-0.3, -0.25) is 9.97 Å². The first-order chi connectivity index (χ1) is 18.1. The van der Waals surface area contributed by atoms with Crippen LogP contribution in [0.5, 0.6) is 11.5 Å². The number of phenols is 2. The van der Waals surface area contributed by atoms with Crippen LogP contribution >= 0.6 is 0 Å². The van der Waals surface area contributed by atoms with Crippen molar-refractivity contribution in [2.45, 2.75) is 0 Å². The molecule has 0 unspecified atom stereocenters. The van der Waals surface area contributed by atoms with Crippen LogP contribution in [0.2, 0.25) is 0 Å². The van der Waals surface area contributed by atoms with Crippen molar-refractivity contribution in [2.75, 3.05) is 0 Å². The molecule has 5 heteroatoms. The van der Waals surface area contributed by atoms with Crippen LogP contribution in [0.25, 0.3) is 65.6 Å². The number of fused-ring (bicyclic) bond motifs is 4. The third-order valence-electron chi connectivity index (χ3n) is 7.21. The highest BCUT2D eigenvalue weighted by molar-refractivity contribution is 6.35. The minimum atomic E-state index is 0.170. The molecule has 0 saturated carbocycles. The maximum atomic E-state index is 10.5. The number of hydrogen-bond donors (Lipinski definition) is 2. The molecule has 0 aliphatic heterocycles. The summed E-state index contributed by atoms with van der Waals surface area (Å²) >= 11 is 0. The molecule has 0 bridgehead atoms. The van der Waals surface area contributed by atoms with Gasteiger partial charge in [0.1, 0.15) is 30.4 Å². The van der Waals surface area contributed by atoms with E-state index in [0.29, 0.717) is 11.0 Å². The maximum Gasteiger partial charge on any atom is 0.141 e. The van der Waals surface area contributed by atoms with Gasteiger partial charge in [0.2, 0.25) is 0 Å². The lowest BCUT2D eigenvalue weighted by atomic mass is 9.82. The second-order valence-electron chi connectivity index (χ2n) is 9.41. The average Bonchev–Trinajstić information content (AvgIpc) is 2.93. The second-order valence-corrected chi connectivity index (χ2v) is 9.41. The number of rotatable bonds is 2. The number of phenolic OH excluding ortho intramolecular Hbond substituents is 2. The molecular weight excluding hydrogens is 455 g/mol. The van der Waals surface area contributed by atoms with E-state index in [4.69, 9.17) is 0 Å². The van der Waals surface area contributed by atoms with Gasteiger partial charge in [0.25, 0.3) is 0 Å². The molecule has 7 rings (SSSR count). The number of hydrogen-bond acceptors (Lipinski definition) is 4. The van der Waals surface area contributed by atoms with Gasteiger partial charge in [-0.1, -0.05) is 60.1 Å². The number of aromatic hydroxyl groups is 2. The van der Waals surface area contributed by atoms with E-state index < -0.39 is 0 Å². The molecule has 0 atom stereocenters. The minimum absolute atomic E-state index is 0.170. The summed E-state index contributed by atoms with van der Waals surface area (Å²) in [5.74, 6) is 0.340. The van der Waals surface area contributed by atoms with Crippen LogP contribution in [0, 0.1) is 0 Å². The summed E-state index contributed by atoms with van der Waals surface area (Å²) in [7, 11) is 2.11. The third-order valence-corrected chi connectivity index (χ3v) is 7.21. The zero-order chi connectivity index (χ0) is 25.1. The van der Waals surface area contributed by atoms with E-state index in [9.17, 15) is 10.2 Å². The van der Waals surface area contributed by atoms with E-state index in [1.807, 2.05) is 36.4 Å². The van der Waals surface area contributed by atoms with E-state index in [-0.39, 0.29) is 11.5 Å². The Morgan fingerprint density at radius 3 is 1.54 bits per heavy atom. The molecule has 5 aromatic carbocycles. The molecule has 37 heavy (non-hydrogen) atoms. The van der Waals surface area contributed by atoms with Crippen molar-refractivity contribution in [3.05, 3.63) is 103 Å². The molecule has 0 fully saturated rings. The molecule has 0 radical (unpaired) electrons. The van der Waals surface area contributed by atoms with Gasteiger partial charge in [-0.25, -0.2) is 0 Å². The predicted molar refractivity (Wildman–Crippen MR) is 154 cm³/mol. The lowest BCUT2D eigenvalue weighted by Gasteiger charge is -2.20. The topological polar surface area (TPSA) is 66.2 Å². The van der Waals surface area contributed by atoms with E-state index in [2.05, 4.69) is 60.3 Å². The first-order valence-corrected chi connectivity index (χ1v) is 12.2. The molecule has 0 spiro atoms. The van der Waals surface area contributed by atoms with Crippen molar-refractivity contribution in [3.63, 3.8) is 0 Å². The van der Waals surface area contributed by atoms with Crippen molar-refractivity contribution in [1.29, 1.82) is 0 Å². The normalized spacial score (nSPS) is 11.6. The molecule has 2 N–H and O–H groups in total. The highest BCUT2D eigenvalue weighted by atomic mass is 16.3. The number of aromatic nitrogens is 2. The van der Waals surface area contributed by atoms with Gasteiger partial charge in [-0.15, -0.1) is 0 Å². The Morgan fingerprint density at radius 1 is 0.486 bits per heavy atom. The number of nitrogens with zero attached hydrogens (tertiary/aromatic N) is 2. The van der Waals surface area contributed by atoms with Crippen LogP contribution in [0.3, 0.4) is 0 Å². The maximum absolute atomic E-state index is 10.5. The molecular formula is C32H21BN2O2. The van der Waals surface area contributed by atoms with Gasteiger partial charge >= 0.3 is 0 Å². The fraction of sp³-hybridized carbons (Fsp3) is 0. The minimum Gasteiger partial charge on any atom is -0.506 e. The molecule has 2 aromatic heterocycles. The molecule has 0 aliphatic rings. The summed E-state index contributed by atoms with van der Waals surface area (Å²) in [6.45, 7) is 0. The lowest BCUT2D eigenvalue weighted by Crippen LogP contribution is -2.02. The predicted octanol–water partition coefficient (Wildman–Crippen LogP) is 6.09. The molecule has 0 amide bonds. The zero-order valence-electron chi connectivity index (χ0n) is 20.1. The quantitative estimate of drug-likeness (QED) is 0.234. The van der Waals surface area contributed by atoms with Gasteiger partial charge in [0.05, 0.1) is 0 Å². The van der Waals surface area contributed by atoms with Crippen LogP contribution in [0.15, 0.2) is 103 Å². The van der Waals surface area contributed by atoms with Crippen LogP contribution in [-0.2, 0) is 0 Å². The SMILES string of the molecule is Bc1ccc2c(-c3ccc(O)c4ncccc34)c3ccccc3c(-c3ccc(O)c4ncccc34)c2c1. The summed E-state index contributed by atoms with van der Waals surface area (Å²) in [5, 5.41) is 27.3. The fourth-order valence-corrected chi connectivity index (χ4v) is 5.62. The lowest BCUT2D eigenvalue weighted by molar-refractivity contribution is 0.480. The molecule has 0 aliphatic carbocycles.